The molecule has 0 saturated heterocycles. The summed E-state index contributed by atoms with van der Waals surface area (Å²) in [6.07, 6.45) is 1.80. The third-order valence-corrected chi connectivity index (χ3v) is 3.36. The number of carbonyl (C=O) groups is 2. The van der Waals surface area contributed by atoms with Gasteiger partial charge in [-0.2, -0.15) is 0 Å². The van der Waals surface area contributed by atoms with E-state index in [0.29, 0.717) is 0 Å². The number of hydrogen-bond donors (Lipinski definition) is 1. The number of nitro benzene ring substituents is 1. The molecular formula is C13H16N2O5S. The summed E-state index contributed by atoms with van der Waals surface area (Å²) >= 11 is 1.36. The van der Waals surface area contributed by atoms with Crippen LogP contribution in [-0.4, -0.2) is 35.7 Å². The quantitative estimate of drug-likeness (QED) is 0.373. The number of rotatable bonds is 6. The number of nitro groups is 1. The molecule has 21 heavy (non-hydrogen) atoms. The largest absolute Gasteiger partial charge is 0.464 e. The van der Waals surface area contributed by atoms with Crippen molar-refractivity contribution >= 4 is 29.3 Å². The smallest absolute Gasteiger partial charge is 0.328 e. The zero-order valence-electron chi connectivity index (χ0n) is 11.9. The number of nitrogens with one attached hydrogen (secondary N) is 1. The van der Waals surface area contributed by atoms with Crippen LogP contribution in [-0.2, 0) is 9.53 Å². The van der Waals surface area contributed by atoms with Gasteiger partial charge in [-0.05, 0) is 32.2 Å². The van der Waals surface area contributed by atoms with Crippen LogP contribution < -0.4 is 5.32 Å². The van der Waals surface area contributed by atoms with Crippen LogP contribution in [0.25, 0.3) is 0 Å². The molecule has 0 radical (unpaired) electrons. The fourth-order valence-electron chi connectivity index (χ4n) is 1.58. The van der Waals surface area contributed by atoms with Crippen LogP contribution >= 0.6 is 11.8 Å². The third kappa shape index (κ3) is 4.45. The zero-order valence-corrected chi connectivity index (χ0v) is 12.7. The van der Waals surface area contributed by atoms with E-state index < -0.39 is 22.8 Å². The summed E-state index contributed by atoms with van der Waals surface area (Å²) < 4.78 is 4.77. The van der Waals surface area contributed by atoms with Gasteiger partial charge in [-0.25, -0.2) is 4.79 Å². The van der Waals surface area contributed by atoms with Crippen molar-refractivity contribution in [1.29, 1.82) is 0 Å². The van der Waals surface area contributed by atoms with E-state index in [-0.39, 0.29) is 17.9 Å². The van der Waals surface area contributed by atoms with Crippen LogP contribution in [0, 0.1) is 10.1 Å². The first-order valence-electron chi connectivity index (χ1n) is 6.20. The third-order valence-electron chi connectivity index (χ3n) is 2.63. The van der Waals surface area contributed by atoms with E-state index in [2.05, 4.69) is 5.32 Å². The van der Waals surface area contributed by atoms with Crippen LogP contribution in [0.5, 0.6) is 0 Å². The first-order chi connectivity index (χ1) is 9.90. The molecule has 0 aliphatic heterocycles. The summed E-state index contributed by atoms with van der Waals surface area (Å²) in [5.41, 5.74) is -0.385. The molecule has 114 valence electrons. The number of esters is 1. The van der Waals surface area contributed by atoms with E-state index in [9.17, 15) is 19.7 Å². The van der Waals surface area contributed by atoms with E-state index in [1.54, 1.807) is 19.2 Å². The average Bonchev–Trinajstić information content (AvgIpc) is 2.46. The SMILES string of the molecule is CCOC(=O)C(C)NC(=O)c1cc(SC)ccc1[N+](=O)[O-]. The molecule has 0 heterocycles. The van der Waals surface area contributed by atoms with Gasteiger partial charge in [-0.3, -0.25) is 14.9 Å². The summed E-state index contributed by atoms with van der Waals surface area (Å²) in [5, 5.41) is 13.4. The summed E-state index contributed by atoms with van der Waals surface area (Å²) in [4.78, 5) is 34.7. The average molecular weight is 312 g/mol. The molecule has 0 bridgehead atoms. The lowest BCUT2D eigenvalue weighted by Crippen LogP contribution is -2.39. The Morgan fingerprint density at radius 3 is 2.67 bits per heavy atom. The molecule has 0 spiro atoms. The standard InChI is InChI=1S/C13H16N2O5S/c1-4-20-13(17)8(2)14-12(16)10-7-9(21-3)5-6-11(10)15(18)19/h5-8H,4H2,1-3H3,(H,14,16). The number of carbonyl (C=O) groups excluding carboxylic acids is 2. The summed E-state index contributed by atoms with van der Waals surface area (Å²) in [5.74, 6) is -1.27. The lowest BCUT2D eigenvalue weighted by Gasteiger charge is -2.13. The molecule has 1 aromatic rings. The number of benzene rings is 1. The van der Waals surface area contributed by atoms with Gasteiger partial charge in [-0.1, -0.05) is 0 Å². The van der Waals surface area contributed by atoms with Crippen molar-refractivity contribution in [3.8, 4) is 0 Å². The van der Waals surface area contributed by atoms with Gasteiger partial charge >= 0.3 is 5.97 Å². The fraction of sp³-hybridized carbons (Fsp3) is 0.385. The first-order valence-corrected chi connectivity index (χ1v) is 7.43. The minimum absolute atomic E-state index is 0.0806. The molecule has 1 rings (SSSR count). The highest BCUT2D eigenvalue weighted by molar-refractivity contribution is 7.98. The molecular weight excluding hydrogens is 296 g/mol. The van der Waals surface area contributed by atoms with Gasteiger partial charge in [0.25, 0.3) is 11.6 Å². The first kappa shape index (κ1) is 17.0. The lowest BCUT2D eigenvalue weighted by atomic mass is 10.1. The number of ether oxygens (including phenoxy) is 1. The van der Waals surface area contributed by atoms with Crippen molar-refractivity contribution < 1.29 is 19.2 Å². The normalized spacial score (nSPS) is 11.6. The summed E-state index contributed by atoms with van der Waals surface area (Å²) in [7, 11) is 0. The van der Waals surface area contributed by atoms with Crippen molar-refractivity contribution in [2.45, 2.75) is 24.8 Å². The summed E-state index contributed by atoms with van der Waals surface area (Å²) in [6, 6.07) is 3.38. The Hall–Kier alpha value is -2.09. The number of hydrogen-bond acceptors (Lipinski definition) is 6. The van der Waals surface area contributed by atoms with E-state index in [1.807, 2.05) is 0 Å². The Morgan fingerprint density at radius 2 is 2.14 bits per heavy atom. The Balaban J connectivity index is 3.00. The van der Waals surface area contributed by atoms with Crippen molar-refractivity contribution in [3.05, 3.63) is 33.9 Å². The molecule has 1 aromatic carbocycles. The number of thioether (sulfide) groups is 1. The van der Waals surface area contributed by atoms with Crippen LogP contribution in [0.3, 0.4) is 0 Å². The van der Waals surface area contributed by atoms with Crippen LogP contribution in [0.1, 0.15) is 24.2 Å². The highest BCUT2D eigenvalue weighted by Crippen LogP contribution is 2.24. The van der Waals surface area contributed by atoms with Gasteiger partial charge in [0, 0.05) is 11.0 Å². The number of nitrogens with zero attached hydrogens (tertiary/aromatic N) is 1. The van der Waals surface area contributed by atoms with Crippen molar-refractivity contribution in [1.82, 2.24) is 5.32 Å². The van der Waals surface area contributed by atoms with Crippen LogP contribution in [0.15, 0.2) is 23.1 Å². The molecule has 8 heteroatoms. The van der Waals surface area contributed by atoms with E-state index in [1.165, 1.54) is 30.8 Å². The molecule has 0 fully saturated rings. The minimum Gasteiger partial charge on any atom is -0.464 e. The maximum absolute atomic E-state index is 12.1. The predicted molar refractivity (Wildman–Crippen MR) is 78.4 cm³/mol. The second kappa shape index (κ2) is 7.63. The maximum atomic E-state index is 12.1. The second-order valence-electron chi connectivity index (χ2n) is 4.09. The highest BCUT2D eigenvalue weighted by Gasteiger charge is 2.24. The van der Waals surface area contributed by atoms with E-state index >= 15 is 0 Å². The van der Waals surface area contributed by atoms with Gasteiger partial charge in [0.2, 0.25) is 0 Å². The zero-order chi connectivity index (χ0) is 16.0. The van der Waals surface area contributed by atoms with Gasteiger partial charge in [0.05, 0.1) is 11.5 Å². The minimum atomic E-state index is -0.880. The van der Waals surface area contributed by atoms with Crippen molar-refractivity contribution in [2.75, 3.05) is 12.9 Å². The van der Waals surface area contributed by atoms with E-state index in [4.69, 9.17) is 4.74 Å². The Kier molecular flexibility index (Phi) is 6.16. The molecule has 0 aromatic heterocycles. The Labute approximate surface area is 126 Å². The van der Waals surface area contributed by atoms with Crippen LogP contribution in [0.2, 0.25) is 0 Å². The van der Waals surface area contributed by atoms with Gasteiger partial charge in [0.15, 0.2) is 0 Å². The predicted octanol–water partition coefficient (Wildman–Crippen LogP) is 2.00. The van der Waals surface area contributed by atoms with Crippen molar-refractivity contribution in [3.63, 3.8) is 0 Å². The van der Waals surface area contributed by atoms with Gasteiger partial charge in [-0.15, -0.1) is 11.8 Å². The fourth-order valence-corrected chi connectivity index (χ4v) is 2.02. The van der Waals surface area contributed by atoms with Crippen LogP contribution in [0.4, 0.5) is 5.69 Å². The molecule has 0 aliphatic carbocycles. The van der Waals surface area contributed by atoms with Gasteiger partial charge in [0.1, 0.15) is 11.6 Å². The molecule has 0 saturated carbocycles. The maximum Gasteiger partial charge on any atom is 0.328 e. The molecule has 1 unspecified atom stereocenters. The highest BCUT2D eigenvalue weighted by atomic mass is 32.2. The Morgan fingerprint density at radius 1 is 1.48 bits per heavy atom. The molecule has 1 N–H and O–H groups in total. The molecule has 7 nitrogen and oxygen atoms in total. The second-order valence-corrected chi connectivity index (χ2v) is 4.97. The topological polar surface area (TPSA) is 98.5 Å². The molecule has 1 atom stereocenters. The Bertz CT molecular complexity index is 561. The molecule has 1 amide bonds. The molecule has 0 aliphatic rings. The monoisotopic (exact) mass is 312 g/mol. The van der Waals surface area contributed by atoms with E-state index in [0.717, 1.165) is 4.90 Å². The number of amides is 1. The van der Waals surface area contributed by atoms with Crippen molar-refractivity contribution in [2.24, 2.45) is 0 Å². The van der Waals surface area contributed by atoms with Gasteiger partial charge < -0.3 is 10.1 Å². The summed E-state index contributed by atoms with van der Waals surface area (Å²) in [6.45, 7) is 3.31. The lowest BCUT2D eigenvalue weighted by molar-refractivity contribution is -0.385.